The minimum absolute atomic E-state index is 0.312. The van der Waals surface area contributed by atoms with E-state index < -0.39 is 0 Å². The van der Waals surface area contributed by atoms with E-state index >= 15 is 0 Å². The fourth-order valence-electron chi connectivity index (χ4n) is 2.57. The third-order valence-corrected chi connectivity index (χ3v) is 3.67. The number of nitrogens with zero attached hydrogens (tertiary/aromatic N) is 1. The number of phenols is 1. The lowest BCUT2D eigenvalue weighted by Gasteiger charge is -2.10. The summed E-state index contributed by atoms with van der Waals surface area (Å²) in [5.41, 5.74) is 6.08. The van der Waals surface area contributed by atoms with Crippen molar-refractivity contribution in [3.8, 4) is 5.75 Å². The molecule has 2 rings (SSSR count). The van der Waals surface area contributed by atoms with Crippen molar-refractivity contribution in [2.45, 2.75) is 40.8 Å². The van der Waals surface area contributed by atoms with Gasteiger partial charge < -0.3 is 15.0 Å². The van der Waals surface area contributed by atoms with Gasteiger partial charge in [-0.1, -0.05) is 0 Å². The summed E-state index contributed by atoms with van der Waals surface area (Å²) in [6.45, 7) is 10.3. The smallest absolute Gasteiger partial charge is 0.115 e. The summed E-state index contributed by atoms with van der Waals surface area (Å²) in [5.74, 6) is 0.312. The Hall–Kier alpha value is -1.90. The normalized spacial score (nSPS) is 10.7. The predicted octanol–water partition coefficient (Wildman–Crippen LogP) is 3.75. The molecule has 0 aliphatic rings. The molecule has 0 unspecified atom stereocenters. The molecule has 1 heterocycles. The summed E-state index contributed by atoms with van der Waals surface area (Å²) in [7, 11) is 0. The molecule has 0 saturated heterocycles. The molecule has 0 bridgehead atoms. The second-order valence-corrected chi connectivity index (χ2v) is 4.99. The Morgan fingerprint density at radius 2 is 1.89 bits per heavy atom. The quantitative estimate of drug-likeness (QED) is 0.819. The average molecular weight is 258 g/mol. The monoisotopic (exact) mass is 258 g/mol. The van der Waals surface area contributed by atoms with E-state index in [1.165, 1.54) is 17.0 Å². The maximum absolute atomic E-state index is 9.41. The van der Waals surface area contributed by atoms with Crippen LogP contribution in [0.15, 0.2) is 24.3 Å². The van der Waals surface area contributed by atoms with Crippen LogP contribution in [0, 0.1) is 20.8 Å². The van der Waals surface area contributed by atoms with Crippen LogP contribution in [0.3, 0.4) is 0 Å². The zero-order valence-corrected chi connectivity index (χ0v) is 12.1. The van der Waals surface area contributed by atoms with Gasteiger partial charge >= 0.3 is 0 Å². The Balaban J connectivity index is 2.14. The van der Waals surface area contributed by atoms with E-state index in [1.807, 2.05) is 13.0 Å². The number of aromatic hydroxyl groups is 1. The van der Waals surface area contributed by atoms with Gasteiger partial charge in [-0.05, 0) is 63.1 Å². The average Bonchev–Trinajstić information content (AvgIpc) is 2.63. The van der Waals surface area contributed by atoms with Gasteiger partial charge in [-0.2, -0.15) is 0 Å². The Kier molecular flexibility index (Phi) is 3.84. The van der Waals surface area contributed by atoms with Gasteiger partial charge in [-0.3, -0.25) is 0 Å². The van der Waals surface area contributed by atoms with E-state index in [0.29, 0.717) is 5.75 Å². The lowest BCUT2D eigenvalue weighted by Crippen LogP contribution is -2.03. The molecule has 3 nitrogen and oxygen atoms in total. The van der Waals surface area contributed by atoms with Gasteiger partial charge in [0.2, 0.25) is 0 Å². The number of aromatic nitrogens is 1. The van der Waals surface area contributed by atoms with E-state index in [0.717, 1.165) is 24.3 Å². The van der Waals surface area contributed by atoms with Crippen LogP contribution < -0.4 is 5.32 Å². The van der Waals surface area contributed by atoms with Gasteiger partial charge in [0.1, 0.15) is 5.75 Å². The van der Waals surface area contributed by atoms with E-state index in [-0.39, 0.29) is 0 Å². The molecule has 1 aromatic carbocycles. The molecule has 0 aliphatic carbocycles. The highest BCUT2D eigenvalue weighted by molar-refractivity contribution is 5.53. The molecule has 0 fully saturated rings. The van der Waals surface area contributed by atoms with Gasteiger partial charge in [-0.25, -0.2) is 0 Å². The fraction of sp³-hybridized carbons (Fsp3) is 0.375. The number of hydrogen-bond donors (Lipinski definition) is 2. The standard InChI is InChI=1S/C16H22N2O/c1-5-18-12(3)9-14(13(18)4)10-17-16-7-6-15(19)8-11(16)2/h6-9,17,19H,5,10H2,1-4H3. The molecule has 0 atom stereocenters. The number of rotatable bonds is 4. The topological polar surface area (TPSA) is 37.2 Å². The van der Waals surface area contributed by atoms with Crippen LogP contribution >= 0.6 is 0 Å². The van der Waals surface area contributed by atoms with E-state index in [4.69, 9.17) is 0 Å². The summed E-state index contributed by atoms with van der Waals surface area (Å²) in [6.07, 6.45) is 0. The van der Waals surface area contributed by atoms with Crippen molar-refractivity contribution >= 4 is 5.69 Å². The SMILES string of the molecule is CCn1c(C)cc(CNc2ccc(O)cc2C)c1C. The fourth-order valence-corrected chi connectivity index (χ4v) is 2.57. The van der Waals surface area contributed by atoms with E-state index in [9.17, 15) is 5.11 Å². The number of aryl methyl sites for hydroxylation is 2. The van der Waals surface area contributed by atoms with Gasteiger partial charge in [-0.15, -0.1) is 0 Å². The van der Waals surface area contributed by atoms with Crippen LogP contribution in [-0.4, -0.2) is 9.67 Å². The molecule has 2 N–H and O–H groups in total. The number of nitrogens with one attached hydrogen (secondary N) is 1. The van der Waals surface area contributed by atoms with Gasteiger partial charge in [0.15, 0.2) is 0 Å². The Bertz CT molecular complexity index is 585. The van der Waals surface area contributed by atoms with E-state index in [2.05, 4.69) is 36.7 Å². The minimum atomic E-state index is 0.312. The summed E-state index contributed by atoms with van der Waals surface area (Å²) in [6, 6.07) is 7.65. The molecule has 0 amide bonds. The molecule has 1 aromatic heterocycles. The van der Waals surface area contributed by atoms with Crippen molar-refractivity contribution in [2.75, 3.05) is 5.32 Å². The lowest BCUT2D eigenvalue weighted by molar-refractivity contribution is 0.475. The molecular formula is C16H22N2O. The molecule has 3 heteroatoms. The van der Waals surface area contributed by atoms with Gasteiger partial charge in [0, 0.05) is 30.2 Å². The molecule has 0 aliphatic heterocycles. The second-order valence-electron chi connectivity index (χ2n) is 4.99. The molecule has 0 radical (unpaired) electrons. The first-order valence-corrected chi connectivity index (χ1v) is 6.72. The largest absolute Gasteiger partial charge is 0.508 e. The first-order valence-electron chi connectivity index (χ1n) is 6.72. The van der Waals surface area contributed by atoms with Crippen molar-refractivity contribution in [3.05, 3.63) is 46.8 Å². The molecule has 0 saturated carbocycles. The van der Waals surface area contributed by atoms with Crippen LogP contribution in [0.25, 0.3) is 0 Å². The third kappa shape index (κ3) is 2.75. The highest BCUT2D eigenvalue weighted by atomic mass is 16.3. The molecule has 0 spiro atoms. The zero-order valence-electron chi connectivity index (χ0n) is 12.1. The third-order valence-electron chi connectivity index (χ3n) is 3.67. The van der Waals surface area contributed by atoms with Crippen molar-refractivity contribution in [1.29, 1.82) is 0 Å². The van der Waals surface area contributed by atoms with Crippen molar-refractivity contribution in [1.82, 2.24) is 4.57 Å². The first kappa shape index (κ1) is 13.5. The Morgan fingerprint density at radius 3 is 2.47 bits per heavy atom. The highest BCUT2D eigenvalue weighted by Crippen LogP contribution is 2.22. The first-order chi connectivity index (χ1) is 9.02. The maximum Gasteiger partial charge on any atom is 0.115 e. The summed E-state index contributed by atoms with van der Waals surface area (Å²) < 4.78 is 2.32. The Morgan fingerprint density at radius 1 is 1.16 bits per heavy atom. The number of benzene rings is 1. The van der Waals surface area contributed by atoms with Crippen LogP contribution in [-0.2, 0) is 13.1 Å². The van der Waals surface area contributed by atoms with E-state index in [1.54, 1.807) is 12.1 Å². The number of phenolic OH excluding ortho intramolecular Hbond substituents is 1. The number of anilines is 1. The van der Waals surface area contributed by atoms with Crippen molar-refractivity contribution in [3.63, 3.8) is 0 Å². The summed E-state index contributed by atoms with van der Waals surface area (Å²) in [4.78, 5) is 0. The van der Waals surface area contributed by atoms with Crippen LogP contribution in [0.2, 0.25) is 0 Å². The molecule has 2 aromatic rings. The summed E-state index contributed by atoms with van der Waals surface area (Å²) >= 11 is 0. The second kappa shape index (κ2) is 5.39. The van der Waals surface area contributed by atoms with Crippen LogP contribution in [0.4, 0.5) is 5.69 Å². The lowest BCUT2D eigenvalue weighted by atomic mass is 10.1. The Labute approximate surface area is 114 Å². The predicted molar refractivity (Wildman–Crippen MR) is 79.8 cm³/mol. The molecular weight excluding hydrogens is 236 g/mol. The molecule has 19 heavy (non-hydrogen) atoms. The number of hydrogen-bond acceptors (Lipinski definition) is 2. The maximum atomic E-state index is 9.41. The minimum Gasteiger partial charge on any atom is -0.508 e. The van der Waals surface area contributed by atoms with Gasteiger partial charge in [0.25, 0.3) is 0 Å². The van der Waals surface area contributed by atoms with Crippen LogP contribution in [0.1, 0.15) is 29.4 Å². The van der Waals surface area contributed by atoms with Crippen LogP contribution in [0.5, 0.6) is 5.75 Å². The van der Waals surface area contributed by atoms with Crippen molar-refractivity contribution < 1.29 is 5.11 Å². The van der Waals surface area contributed by atoms with Crippen molar-refractivity contribution in [2.24, 2.45) is 0 Å². The highest BCUT2D eigenvalue weighted by Gasteiger charge is 2.08. The molecule has 102 valence electrons. The van der Waals surface area contributed by atoms with Gasteiger partial charge in [0.05, 0.1) is 0 Å². The zero-order chi connectivity index (χ0) is 14.0. The summed E-state index contributed by atoms with van der Waals surface area (Å²) in [5, 5.41) is 12.8.